The van der Waals surface area contributed by atoms with Crippen molar-refractivity contribution in [1.82, 2.24) is 10.2 Å². The monoisotopic (exact) mass is 436 g/mol. The molecule has 2 fully saturated rings. The van der Waals surface area contributed by atoms with E-state index in [1.807, 2.05) is 13.1 Å². The van der Waals surface area contributed by atoms with Crippen molar-refractivity contribution in [3.8, 4) is 5.75 Å². The van der Waals surface area contributed by atoms with Crippen LogP contribution in [0.5, 0.6) is 5.75 Å². The van der Waals surface area contributed by atoms with Gasteiger partial charge in [0.05, 0.1) is 7.11 Å². The van der Waals surface area contributed by atoms with Crippen LogP contribution < -0.4 is 15.0 Å². The van der Waals surface area contributed by atoms with Crippen molar-refractivity contribution >= 4 is 11.6 Å². The zero-order valence-electron chi connectivity index (χ0n) is 19.6. The lowest BCUT2D eigenvalue weighted by atomic mass is 9.72. The Labute approximate surface area is 192 Å². The molecule has 0 amide bonds. The van der Waals surface area contributed by atoms with Gasteiger partial charge < -0.3 is 24.6 Å². The summed E-state index contributed by atoms with van der Waals surface area (Å²) in [5.74, 6) is 1.90. The fraction of sp³-hybridized carbons (Fsp3) is 0.500. The van der Waals surface area contributed by atoms with Crippen LogP contribution in [0.4, 0.5) is 5.69 Å². The minimum absolute atomic E-state index is 0.0853. The molecule has 4 rings (SSSR count). The zero-order chi connectivity index (χ0) is 22.4. The van der Waals surface area contributed by atoms with E-state index >= 15 is 0 Å². The van der Waals surface area contributed by atoms with E-state index in [1.54, 1.807) is 7.11 Å². The van der Waals surface area contributed by atoms with Crippen LogP contribution >= 0.6 is 0 Å². The van der Waals surface area contributed by atoms with Crippen LogP contribution in [0.15, 0.2) is 53.5 Å². The summed E-state index contributed by atoms with van der Waals surface area (Å²) >= 11 is 0. The molecule has 2 aliphatic heterocycles. The fourth-order valence-electron chi connectivity index (χ4n) is 5.04. The summed E-state index contributed by atoms with van der Waals surface area (Å²) < 4.78 is 11.1. The number of nitrogens with zero attached hydrogens (tertiary/aromatic N) is 3. The maximum atomic E-state index is 5.72. The number of nitrogens with one attached hydrogen (secondary N) is 1. The molecule has 0 unspecified atom stereocenters. The summed E-state index contributed by atoms with van der Waals surface area (Å²) in [4.78, 5) is 9.42. The van der Waals surface area contributed by atoms with E-state index in [9.17, 15) is 0 Å². The highest BCUT2D eigenvalue weighted by atomic mass is 16.5. The van der Waals surface area contributed by atoms with Gasteiger partial charge in [-0.1, -0.05) is 30.3 Å². The first kappa shape index (κ1) is 22.5. The lowest BCUT2D eigenvalue weighted by Crippen LogP contribution is -2.55. The molecule has 172 valence electrons. The minimum atomic E-state index is 0.0853. The predicted octanol–water partition coefficient (Wildman–Crippen LogP) is 3.45. The number of benzene rings is 2. The Hall–Kier alpha value is -2.73. The second-order valence-corrected chi connectivity index (χ2v) is 8.78. The average molecular weight is 437 g/mol. The number of aryl methyl sites for hydroxylation is 1. The SMILES string of the molecule is CN=C(NCC1(c2ccccc2C)CCOCC1)N1CCN(c2cccc(OC)c2)CC1. The first-order valence-corrected chi connectivity index (χ1v) is 11.6. The first-order valence-electron chi connectivity index (χ1n) is 11.6. The number of ether oxygens (including phenoxy) is 2. The fourth-order valence-corrected chi connectivity index (χ4v) is 5.04. The highest BCUT2D eigenvalue weighted by Crippen LogP contribution is 2.36. The number of guanidine groups is 1. The molecule has 0 aliphatic carbocycles. The lowest BCUT2D eigenvalue weighted by molar-refractivity contribution is 0.0509. The van der Waals surface area contributed by atoms with Gasteiger partial charge >= 0.3 is 0 Å². The Morgan fingerprint density at radius 2 is 1.81 bits per heavy atom. The standard InChI is InChI=1S/C26H36N4O2/c1-21-7-4-5-10-24(21)26(11-17-32-18-12-26)20-28-25(27-2)30-15-13-29(14-16-30)22-8-6-9-23(19-22)31-3/h4-10,19H,11-18,20H2,1-3H3,(H,27,28). The summed E-state index contributed by atoms with van der Waals surface area (Å²) in [6, 6.07) is 17.1. The van der Waals surface area contributed by atoms with Crippen molar-refractivity contribution in [3.05, 3.63) is 59.7 Å². The van der Waals surface area contributed by atoms with E-state index in [2.05, 4.69) is 69.5 Å². The van der Waals surface area contributed by atoms with Gasteiger partial charge in [0.25, 0.3) is 0 Å². The first-order chi connectivity index (χ1) is 15.6. The Kier molecular flexibility index (Phi) is 7.20. The quantitative estimate of drug-likeness (QED) is 0.575. The summed E-state index contributed by atoms with van der Waals surface area (Å²) in [5.41, 5.74) is 4.10. The minimum Gasteiger partial charge on any atom is -0.497 e. The van der Waals surface area contributed by atoms with Crippen LogP contribution in [0.1, 0.15) is 24.0 Å². The van der Waals surface area contributed by atoms with E-state index in [1.165, 1.54) is 16.8 Å². The highest BCUT2D eigenvalue weighted by Gasteiger charge is 2.36. The number of hydrogen-bond donors (Lipinski definition) is 1. The van der Waals surface area contributed by atoms with Crippen LogP contribution in [-0.2, 0) is 10.2 Å². The normalized spacial score (nSPS) is 19.0. The Balaban J connectivity index is 1.41. The zero-order valence-corrected chi connectivity index (χ0v) is 19.6. The molecule has 6 nitrogen and oxygen atoms in total. The van der Waals surface area contributed by atoms with Gasteiger partial charge in [-0.25, -0.2) is 0 Å². The maximum Gasteiger partial charge on any atom is 0.193 e. The second kappa shape index (κ2) is 10.3. The van der Waals surface area contributed by atoms with Gasteiger partial charge in [0.15, 0.2) is 5.96 Å². The van der Waals surface area contributed by atoms with Gasteiger partial charge in [-0.2, -0.15) is 0 Å². The topological polar surface area (TPSA) is 49.3 Å². The van der Waals surface area contributed by atoms with Crippen molar-refractivity contribution < 1.29 is 9.47 Å². The summed E-state index contributed by atoms with van der Waals surface area (Å²) in [6.45, 7) is 8.54. The molecule has 1 N–H and O–H groups in total. The Morgan fingerprint density at radius 3 is 2.50 bits per heavy atom. The van der Waals surface area contributed by atoms with Gasteiger partial charge in [-0.3, -0.25) is 4.99 Å². The molecular formula is C26H36N4O2. The molecule has 0 saturated carbocycles. The Morgan fingerprint density at radius 1 is 1.06 bits per heavy atom. The molecule has 32 heavy (non-hydrogen) atoms. The molecule has 2 saturated heterocycles. The molecule has 2 heterocycles. The largest absolute Gasteiger partial charge is 0.497 e. The molecule has 0 bridgehead atoms. The third kappa shape index (κ3) is 4.85. The smallest absolute Gasteiger partial charge is 0.193 e. The highest BCUT2D eigenvalue weighted by molar-refractivity contribution is 5.80. The molecular weight excluding hydrogens is 400 g/mol. The van der Waals surface area contributed by atoms with Crippen LogP contribution in [0.25, 0.3) is 0 Å². The molecule has 2 aromatic rings. The number of piperazine rings is 1. The molecule has 6 heteroatoms. The van der Waals surface area contributed by atoms with Gasteiger partial charge in [-0.15, -0.1) is 0 Å². The third-order valence-corrected chi connectivity index (χ3v) is 6.96. The maximum absolute atomic E-state index is 5.72. The van der Waals surface area contributed by atoms with Crippen molar-refractivity contribution in [1.29, 1.82) is 0 Å². The van der Waals surface area contributed by atoms with Gasteiger partial charge in [-0.05, 0) is 43.0 Å². The summed E-state index contributed by atoms with van der Waals surface area (Å²) in [7, 11) is 3.61. The summed E-state index contributed by atoms with van der Waals surface area (Å²) in [5, 5.41) is 3.73. The van der Waals surface area contributed by atoms with Gasteiger partial charge in [0.1, 0.15) is 5.75 Å². The lowest BCUT2D eigenvalue weighted by Gasteiger charge is -2.41. The van der Waals surface area contributed by atoms with Gasteiger partial charge in [0, 0.05) is 70.2 Å². The second-order valence-electron chi connectivity index (χ2n) is 8.78. The van der Waals surface area contributed by atoms with E-state index in [4.69, 9.17) is 9.47 Å². The molecule has 2 aliphatic rings. The molecule has 0 aromatic heterocycles. The van der Waals surface area contributed by atoms with E-state index in [-0.39, 0.29) is 5.41 Å². The predicted molar refractivity (Wildman–Crippen MR) is 131 cm³/mol. The number of rotatable bonds is 5. The molecule has 0 atom stereocenters. The average Bonchev–Trinajstić information content (AvgIpc) is 2.85. The number of aliphatic imine (C=N–C) groups is 1. The molecule has 2 aromatic carbocycles. The van der Waals surface area contributed by atoms with E-state index < -0.39 is 0 Å². The van der Waals surface area contributed by atoms with Crippen molar-refractivity contribution in [2.45, 2.75) is 25.2 Å². The molecule has 0 spiro atoms. The molecule has 0 radical (unpaired) electrons. The van der Waals surface area contributed by atoms with E-state index in [0.717, 1.165) is 70.5 Å². The van der Waals surface area contributed by atoms with Crippen molar-refractivity contribution in [3.63, 3.8) is 0 Å². The van der Waals surface area contributed by atoms with Crippen molar-refractivity contribution in [2.75, 3.05) is 65.0 Å². The Bertz CT molecular complexity index is 916. The third-order valence-electron chi connectivity index (χ3n) is 6.96. The van der Waals surface area contributed by atoms with Gasteiger partial charge in [0.2, 0.25) is 0 Å². The number of methoxy groups -OCH3 is 1. The van der Waals surface area contributed by atoms with Crippen LogP contribution in [0.2, 0.25) is 0 Å². The van der Waals surface area contributed by atoms with Crippen LogP contribution in [0.3, 0.4) is 0 Å². The number of hydrogen-bond acceptors (Lipinski definition) is 4. The summed E-state index contributed by atoms with van der Waals surface area (Å²) in [6.07, 6.45) is 2.07. The van der Waals surface area contributed by atoms with Crippen LogP contribution in [-0.4, -0.2) is 71.0 Å². The van der Waals surface area contributed by atoms with Crippen molar-refractivity contribution in [2.24, 2.45) is 4.99 Å². The number of anilines is 1. The van der Waals surface area contributed by atoms with Crippen LogP contribution in [0, 0.1) is 6.92 Å². The van der Waals surface area contributed by atoms with E-state index in [0.29, 0.717) is 0 Å².